The number of aromatic nitrogens is 2. The SMILES string of the molecule is Cc1cc2nc(C=O)n(C3CC3)c2cc1C. The van der Waals surface area contributed by atoms with Gasteiger partial charge in [-0.05, 0) is 49.9 Å². The third kappa shape index (κ3) is 1.28. The van der Waals surface area contributed by atoms with Crippen LogP contribution in [0.4, 0.5) is 0 Å². The maximum Gasteiger partial charge on any atom is 0.185 e. The van der Waals surface area contributed by atoms with Crippen molar-refractivity contribution in [1.29, 1.82) is 0 Å². The van der Waals surface area contributed by atoms with Crippen molar-refractivity contribution in [1.82, 2.24) is 9.55 Å². The zero-order chi connectivity index (χ0) is 11.3. The maximum absolute atomic E-state index is 11.0. The van der Waals surface area contributed by atoms with Crippen molar-refractivity contribution < 1.29 is 4.79 Å². The van der Waals surface area contributed by atoms with Gasteiger partial charge in [-0.15, -0.1) is 0 Å². The monoisotopic (exact) mass is 214 g/mol. The van der Waals surface area contributed by atoms with E-state index in [4.69, 9.17) is 0 Å². The summed E-state index contributed by atoms with van der Waals surface area (Å²) < 4.78 is 2.09. The van der Waals surface area contributed by atoms with Crippen LogP contribution in [0.25, 0.3) is 11.0 Å². The molecule has 0 amide bonds. The smallest absolute Gasteiger partial charge is 0.185 e. The minimum atomic E-state index is 0.493. The third-order valence-corrected chi connectivity index (χ3v) is 3.35. The topological polar surface area (TPSA) is 34.9 Å². The van der Waals surface area contributed by atoms with Crippen molar-refractivity contribution in [3.63, 3.8) is 0 Å². The van der Waals surface area contributed by atoms with Gasteiger partial charge >= 0.3 is 0 Å². The number of carbonyl (C=O) groups excluding carboxylic acids is 1. The van der Waals surface area contributed by atoms with Crippen LogP contribution < -0.4 is 0 Å². The van der Waals surface area contributed by atoms with Crippen LogP contribution in [0.2, 0.25) is 0 Å². The minimum Gasteiger partial charge on any atom is -0.319 e. The zero-order valence-corrected chi connectivity index (χ0v) is 9.53. The summed E-state index contributed by atoms with van der Waals surface area (Å²) in [7, 11) is 0. The Balaban J connectivity index is 2.35. The second-order valence-corrected chi connectivity index (χ2v) is 4.61. The molecule has 1 aliphatic carbocycles. The molecule has 1 saturated carbocycles. The summed E-state index contributed by atoms with van der Waals surface area (Å²) in [6.07, 6.45) is 3.20. The van der Waals surface area contributed by atoms with Crippen molar-refractivity contribution in [3.05, 3.63) is 29.1 Å². The molecule has 3 heteroatoms. The van der Waals surface area contributed by atoms with Crippen LogP contribution in [-0.2, 0) is 0 Å². The Morgan fingerprint density at radius 3 is 2.62 bits per heavy atom. The Labute approximate surface area is 94.1 Å². The first-order valence-electron chi connectivity index (χ1n) is 5.65. The molecule has 0 bridgehead atoms. The van der Waals surface area contributed by atoms with Gasteiger partial charge in [0.05, 0.1) is 11.0 Å². The quantitative estimate of drug-likeness (QED) is 0.720. The average Bonchev–Trinajstić information content (AvgIpc) is 3.03. The van der Waals surface area contributed by atoms with Gasteiger partial charge in [0.2, 0.25) is 0 Å². The number of nitrogens with zero attached hydrogens (tertiary/aromatic N) is 2. The molecule has 1 aliphatic rings. The number of imidazole rings is 1. The molecule has 1 heterocycles. The van der Waals surface area contributed by atoms with Gasteiger partial charge in [-0.2, -0.15) is 0 Å². The molecular formula is C13H14N2O. The second-order valence-electron chi connectivity index (χ2n) is 4.61. The van der Waals surface area contributed by atoms with Gasteiger partial charge in [0.1, 0.15) is 0 Å². The van der Waals surface area contributed by atoms with Crippen LogP contribution in [-0.4, -0.2) is 15.8 Å². The fourth-order valence-electron chi connectivity index (χ4n) is 2.17. The van der Waals surface area contributed by atoms with E-state index in [9.17, 15) is 4.79 Å². The Hall–Kier alpha value is -1.64. The molecule has 1 aromatic heterocycles. The van der Waals surface area contributed by atoms with Crippen molar-refractivity contribution in [3.8, 4) is 0 Å². The molecule has 0 radical (unpaired) electrons. The van der Waals surface area contributed by atoms with E-state index in [2.05, 4.69) is 35.5 Å². The number of hydrogen-bond acceptors (Lipinski definition) is 2. The summed E-state index contributed by atoms with van der Waals surface area (Å²) in [6.45, 7) is 4.17. The Morgan fingerprint density at radius 2 is 2.00 bits per heavy atom. The van der Waals surface area contributed by atoms with Gasteiger partial charge < -0.3 is 4.57 Å². The molecule has 16 heavy (non-hydrogen) atoms. The van der Waals surface area contributed by atoms with Crippen molar-refractivity contribution in [2.45, 2.75) is 32.7 Å². The molecule has 3 nitrogen and oxygen atoms in total. The molecule has 1 aromatic carbocycles. The van der Waals surface area contributed by atoms with Gasteiger partial charge in [0.25, 0.3) is 0 Å². The van der Waals surface area contributed by atoms with Crippen molar-refractivity contribution in [2.75, 3.05) is 0 Å². The highest BCUT2D eigenvalue weighted by Gasteiger charge is 2.28. The summed E-state index contributed by atoms with van der Waals surface area (Å²) in [5, 5.41) is 0. The van der Waals surface area contributed by atoms with Crippen molar-refractivity contribution in [2.24, 2.45) is 0 Å². The normalized spacial score (nSPS) is 15.6. The molecule has 0 spiro atoms. The van der Waals surface area contributed by atoms with Crippen molar-refractivity contribution >= 4 is 17.3 Å². The van der Waals surface area contributed by atoms with E-state index in [1.807, 2.05) is 0 Å². The summed E-state index contributed by atoms with van der Waals surface area (Å²) in [4.78, 5) is 15.4. The molecule has 0 unspecified atom stereocenters. The molecule has 0 atom stereocenters. The first kappa shape index (κ1) is 9.58. The largest absolute Gasteiger partial charge is 0.319 e. The number of benzene rings is 1. The fourth-order valence-corrected chi connectivity index (χ4v) is 2.17. The van der Waals surface area contributed by atoms with Crippen LogP contribution in [0.5, 0.6) is 0 Å². The predicted octanol–water partition coefficient (Wildman–Crippen LogP) is 2.80. The maximum atomic E-state index is 11.0. The molecule has 2 aromatic rings. The predicted molar refractivity (Wildman–Crippen MR) is 62.9 cm³/mol. The Kier molecular flexibility index (Phi) is 1.90. The molecular weight excluding hydrogens is 200 g/mol. The summed E-state index contributed by atoms with van der Waals surface area (Å²) in [5.74, 6) is 0.572. The molecule has 1 fully saturated rings. The van der Waals surface area contributed by atoms with Gasteiger partial charge in [-0.25, -0.2) is 4.98 Å². The Morgan fingerprint density at radius 1 is 1.31 bits per heavy atom. The number of hydrogen-bond donors (Lipinski definition) is 0. The lowest BCUT2D eigenvalue weighted by Crippen LogP contribution is -1.99. The average molecular weight is 214 g/mol. The standard InChI is InChI=1S/C13H14N2O/c1-8-5-11-12(6-9(8)2)15(10-3-4-10)13(7-16)14-11/h5-7,10H,3-4H2,1-2H3. The number of aryl methyl sites for hydroxylation is 2. The fraction of sp³-hybridized carbons (Fsp3) is 0.385. The highest BCUT2D eigenvalue weighted by molar-refractivity contribution is 5.84. The van der Waals surface area contributed by atoms with Gasteiger partial charge in [-0.1, -0.05) is 0 Å². The van der Waals surface area contributed by atoms with E-state index in [0.29, 0.717) is 11.9 Å². The van der Waals surface area contributed by atoms with Crippen LogP contribution in [0.1, 0.15) is 40.6 Å². The van der Waals surface area contributed by atoms with E-state index in [1.165, 1.54) is 24.0 Å². The van der Waals surface area contributed by atoms with E-state index in [1.54, 1.807) is 0 Å². The van der Waals surface area contributed by atoms with E-state index >= 15 is 0 Å². The van der Waals surface area contributed by atoms with E-state index < -0.39 is 0 Å². The van der Waals surface area contributed by atoms with E-state index in [-0.39, 0.29) is 0 Å². The van der Waals surface area contributed by atoms with Gasteiger partial charge in [0.15, 0.2) is 12.1 Å². The molecule has 0 saturated heterocycles. The van der Waals surface area contributed by atoms with Gasteiger partial charge in [-0.3, -0.25) is 4.79 Å². The summed E-state index contributed by atoms with van der Waals surface area (Å²) in [5.41, 5.74) is 4.53. The van der Waals surface area contributed by atoms with Gasteiger partial charge in [0, 0.05) is 6.04 Å². The number of carbonyl (C=O) groups is 1. The lowest BCUT2D eigenvalue weighted by Gasteiger charge is -2.05. The minimum absolute atomic E-state index is 0.493. The summed E-state index contributed by atoms with van der Waals surface area (Å²) in [6, 6.07) is 4.70. The molecule has 0 N–H and O–H groups in total. The van der Waals surface area contributed by atoms with Crippen LogP contribution in [0.3, 0.4) is 0 Å². The first-order chi connectivity index (χ1) is 7.70. The first-order valence-corrected chi connectivity index (χ1v) is 5.65. The number of aldehydes is 1. The Bertz CT molecular complexity index is 579. The molecule has 3 rings (SSSR count). The highest BCUT2D eigenvalue weighted by atomic mass is 16.1. The zero-order valence-electron chi connectivity index (χ0n) is 9.53. The molecule has 82 valence electrons. The molecule has 0 aliphatic heterocycles. The van der Waals surface area contributed by atoms with Crippen LogP contribution in [0.15, 0.2) is 12.1 Å². The lowest BCUT2D eigenvalue weighted by atomic mass is 10.1. The second kappa shape index (κ2) is 3.17. The van der Waals surface area contributed by atoms with E-state index in [0.717, 1.165) is 17.3 Å². The third-order valence-electron chi connectivity index (χ3n) is 3.35. The number of rotatable bonds is 2. The number of fused-ring (bicyclic) bond motifs is 1. The van der Waals surface area contributed by atoms with Crippen LogP contribution >= 0.6 is 0 Å². The van der Waals surface area contributed by atoms with Crippen LogP contribution in [0, 0.1) is 13.8 Å². The highest BCUT2D eigenvalue weighted by Crippen LogP contribution is 2.38. The summed E-state index contributed by atoms with van der Waals surface area (Å²) >= 11 is 0. The lowest BCUT2D eigenvalue weighted by molar-refractivity contribution is 0.111.